The number of pyridine rings is 1. The molecule has 0 aliphatic carbocycles. The molecule has 0 saturated carbocycles. The van der Waals surface area contributed by atoms with Crippen LogP contribution >= 0.6 is 0 Å². The minimum absolute atomic E-state index is 0.0339. The first kappa shape index (κ1) is 15.0. The normalized spacial score (nSPS) is 10.2. The Morgan fingerprint density at radius 1 is 1.19 bits per heavy atom. The molecule has 4 heteroatoms. The Bertz CT molecular complexity index is 621. The maximum atomic E-state index is 12.3. The van der Waals surface area contributed by atoms with Gasteiger partial charge in [-0.1, -0.05) is 18.2 Å². The second-order valence-corrected chi connectivity index (χ2v) is 4.85. The molecule has 0 saturated heterocycles. The second kappa shape index (κ2) is 6.88. The molecule has 0 bridgehead atoms. The highest BCUT2D eigenvalue weighted by Crippen LogP contribution is 2.20. The third-order valence-electron chi connectivity index (χ3n) is 3.45. The van der Waals surface area contributed by atoms with Crippen molar-refractivity contribution in [3.05, 3.63) is 53.9 Å². The zero-order chi connectivity index (χ0) is 15.2. The summed E-state index contributed by atoms with van der Waals surface area (Å²) in [6.45, 7) is 7.36. The van der Waals surface area contributed by atoms with Crippen molar-refractivity contribution >= 4 is 17.3 Å². The number of aromatic nitrogens is 1. The Morgan fingerprint density at radius 2 is 1.90 bits per heavy atom. The molecule has 4 nitrogen and oxygen atoms in total. The van der Waals surface area contributed by atoms with Gasteiger partial charge in [-0.05, 0) is 44.5 Å². The van der Waals surface area contributed by atoms with Gasteiger partial charge in [-0.3, -0.25) is 9.78 Å². The van der Waals surface area contributed by atoms with E-state index in [2.05, 4.69) is 10.3 Å². The van der Waals surface area contributed by atoms with Gasteiger partial charge in [-0.25, -0.2) is 0 Å². The van der Waals surface area contributed by atoms with Crippen LogP contribution in [-0.2, 0) is 0 Å². The van der Waals surface area contributed by atoms with E-state index in [9.17, 15) is 4.79 Å². The number of carbonyl (C=O) groups excluding carboxylic acids is 1. The highest BCUT2D eigenvalue weighted by atomic mass is 16.2. The third kappa shape index (κ3) is 3.60. The minimum atomic E-state index is -0.0339. The van der Waals surface area contributed by atoms with Crippen molar-refractivity contribution in [2.45, 2.75) is 20.8 Å². The van der Waals surface area contributed by atoms with E-state index < -0.39 is 0 Å². The maximum absolute atomic E-state index is 12.3. The maximum Gasteiger partial charge on any atom is 0.272 e. The van der Waals surface area contributed by atoms with Crippen LogP contribution in [0.5, 0.6) is 0 Å². The zero-order valence-electron chi connectivity index (χ0n) is 12.8. The SMILES string of the molecule is CCN(CC)C(=O)c1cc(Nc2ccccc2C)ccn1. The molecule has 1 aromatic carbocycles. The van der Waals surface area contributed by atoms with Gasteiger partial charge < -0.3 is 10.2 Å². The van der Waals surface area contributed by atoms with Crippen LogP contribution in [0.3, 0.4) is 0 Å². The highest BCUT2D eigenvalue weighted by molar-refractivity contribution is 5.93. The van der Waals surface area contributed by atoms with E-state index >= 15 is 0 Å². The highest BCUT2D eigenvalue weighted by Gasteiger charge is 2.14. The number of aryl methyl sites for hydroxylation is 1. The molecule has 0 radical (unpaired) electrons. The molecule has 1 heterocycles. The number of para-hydroxylation sites is 1. The standard InChI is InChI=1S/C17H21N3O/c1-4-20(5-2)17(21)16-12-14(10-11-18-16)19-15-9-7-6-8-13(15)3/h6-12H,4-5H2,1-3H3,(H,18,19). The predicted octanol–water partition coefficient (Wildman–Crippen LogP) is 3.62. The number of hydrogen-bond donors (Lipinski definition) is 1. The van der Waals surface area contributed by atoms with Crippen molar-refractivity contribution in [3.8, 4) is 0 Å². The van der Waals surface area contributed by atoms with Gasteiger partial charge in [0.05, 0.1) is 0 Å². The molecule has 2 rings (SSSR count). The number of rotatable bonds is 5. The van der Waals surface area contributed by atoms with Gasteiger partial charge in [0.15, 0.2) is 0 Å². The van der Waals surface area contributed by atoms with Crippen molar-refractivity contribution in [2.75, 3.05) is 18.4 Å². The summed E-state index contributed by atoms with van der Waals surface area (Å²) < 4.78 is 0. The molecule has 1 N–H and O–H groups in total. The number of amides is 1. The molecule has 0 aliphatic heterocycles. The number of nitrogens with one attached hydrogen (secondary N) is 1. The summed E-state index contributed by atoms with van der Waals surface area (Å²) in [5.41, 5.74) is 3.53. The first-order valence-corrected chi connectivity index (χ1v) is 7.23. The summed E-state index contributed by atoms with van der Waals surface area (Å²) in [6, 6.07) is 11.7. The smallest absolute Gasteiger partial charge is 0.272 e. The van der Waals surface area contributed by atoms with Crippen LogP contribution in [0.1, 0.15) is 29.9 Å². The van der Waals surface area contributed by atoms with Crippen molar-refractivity contribution in [2.24, 2.45) is 0 Å². The first-order valence-electron chi connectivity index (χ1n) is 7.23. The van der Waals surface area contributed by atoms with Crippen LogP contribution in [-0.4, -0.2) is 28.9 Å². The van der Waals surface area contributed by atoms with Gasteiger partial charge in [0.25, 0.3) is 5.91 Å². The van der Waals surface area contributed by atoms with E-state index in [0.29, 0.717) is 18.8 Å². The van der Waals surface area contributed by atoms with Crippen molar-refractivity contribution in [1.82, 2.24) is 9.88 Å². The summed E-state index contributed by atoms with van der Waals surface area (Å²) in [7, 11) is 0. The first-order chi connectivity index (χ1) is 10.2. The number of carbonyl (C=O) groups is 1. The zero-order valence-corrected chi connectivity index (χ0v) is 12.8. The Balaban J connectivity index is 2.22. The van der Waals surface area contributed by atoms with E-state index in [1.165, 1.54) is 0 Å². The number of nitrogens with zero attached hydrogens (tertiary/aromatic N) is 2. The minimum Gasteiger partial charge on any atom is -0.355 e. The molecule has 0 aliphatic rings. The lowest BCUT2D eigenvalue weighted by atomic mass is 10.2. The van der Waals surface area contributed by atoms with E-state index in [0.717, 1.165) is 16.9 Å². The summed E-state index contributed by atoms with van der Waals surface area (Å²) >= 11 is 0. The monoisotopic (exact) mass is 283 g/mol. The molecule has 0 atom stereocenters. The molecule has 1 amide bonds. The van der Waals surface area contributed by atoms with Gasteiger partial charge in [-0.15, -0.1) is 0 Å². The van der Waals surface area contributed by atoms with Crippen molar-refractivity contribution < 1.29 is 4.79 Å². The van der Waals surface area contributed by atoms with Gasteiger partial charge in [0.1, 0.15) is 5.69 Å². The Labute approximate surface area is 125 Å². The summed E-state index contributed by atoms with van der Waals surface area (Å²) in [5, 5.41) is 3.33. The Kier molecular flexibility index (Phi) is 4.93. The summed E-state index contributed by atoms with van der Waals surface area (Å²) in [4.78, 5) is 18.3. The van der Waals surface area contributed by atoms with Gasteiger partial charge >= 0.3 is 0 Å². The Hall–Kier alpha value is -2.36. The van der Waals surface area contributed by atoms with E-state index in [1.807, 2.05) is 51.1 Å². The molecule has 2 aromatic rings. The fourth-order valence-corrected chi connectivity index (χ4v) is 2.17. The summed E-state index contributed by atoms with van der Waals surface area (Å²) in [5.74, 6) is -0.0339. The van der Waals surface area contributed by atoms with Crippen molar-refractivity contribution in [3.63, 3.8) is 0 Å². The van der Waals surface area contributed by atoms with Crippen LogP contribution in [0, 0.1) is 6.92 Å². The summed E-state index contributed by atoms with van der Waals surface area (Å²) in [6.07, 6.45) is 1.66. The van der Waals surface area contributed by atoms with Crippen LogP contribution in [0.25, 0.3) is 0 Å². The second-order valence-electron chi connectivity index (χ2n) is 4.85. The number of hydrogen-bond acceptors (Lipinski definition) is 3. The third-order valence-corrected chi connectivity index (χ3v) is 3.45. The van der Waals surface area contributed by atoms with Crippen LogP contribution in [0.4, 0.5) is 11.4 Å². The van der Waals surface area contributed by atoms with E-state index in [4.69, 9.17) is 0 Å². The average Bonchev–Trinajstić information content (AvgIpc) is 2.51. The molecular weight excluding hydrogens is 262 g/mol. The lowest BCUT2D eigenvalue weighted by Crippen LogP contribution is -2.31. The molecule has 110 valence electrons. The lowest BCUT2D eigenvalue weighted by molar-refractivity contribution is 0.0767. The predicted molar refractivity (Wildman–Crippen MR) is 86.0 cm³/mol. The van der Waals surface area contributed by atoms with Gasteiger partial charge in [0, 0.05) is 30.7 Å². The van der Waals surface area contributed by atoms with Crippen LogP contribution in [0.2, 0.25) is 0 Å². The van der Waals surface area contributed by atoms with Crippen LogP contribution < -0.4 is 5.32 Å². The van der Waals surface area contributed by atoms with Gasteiger partial charge in [0.2, 0.25) is 0 Å². The Morgan fingerprint density at radius 3 is 2.57 bits per heavy atom. The van der Waals surface area contributed by atoms with E-state index in [1.54, 1.807) is 17.2 Å². The molecule has 21 heavy (non-hydrogen) atoms. The molecular formula is C17H21N3O. The number of benzene rings is 1. The molecule has 0 unspecified atom stereocenters. The number of anilines is 2. The lowest BCUT2D eigenvalue weighted by Gasteiger charge is -2.18. The quantitative estimate of drug-likeness (QED) is 0.911. The topological polar surface area (TPSA) is 45.2 Å². The largest absolute Gasteiger partial charge is 0.355 e. The van der Waals surface area contributed by atoms with Gasteiger partial charge in [-0.2, -0.15) is 0 Å². The van der Waals surface area contributed by atoms with Crippen molar-refractivity contribution in [1.29, 1.82) is 0 Å². The van der Waals surface area contributed by atoms with E-state index in [-0.39, 0.29) is 5.91 Å². The molecule has 0 fully saturated rings. The fraction of sp³-hybridized carbons (Fsp3) is 0.294. The fourth-order valence-electron chi connectivity index (χ4n) is 2.17. The molecule has 1 aromatic heterocycles. The molecule has 0 spiro atoms. The average molecular weight is 283 g/mol. The van der Waals surface area contributed by atoms with Crippen LogP contribution in [0.15, 0.2) is 42.6 Å².